The summed E-state index contributed by atoms with van der Waals surface area (Å²) < 4.78 is 0. The molecule has 672 valence electrons. The molecule has 8 aliphatic carbocycles. The summed E-state index contributed by atoms with van der Waals surface area (Å²) in [6.07, 6.45) is 50.5. The normalized spacial score (nSPS) is 34.3. The molecule has 0 amide bonds. The number of hydrogen-bond donors (Lipinski definition) is 8. The van der Waals surface area contributed by atoms with Gasteiger partial charge in [-0.2, -0.15) is 0 Å². The van der Waals surface area contributed by atoms with Crippen molar-refractivity contribution < 1.29 is 40.9 Å². The number of aliphatic hydroxyl groups is 8. The fourth-order valence-corrected chi connectivity index (χ4v) is 23.0. The van der Waals surface area contributed by atoms with Crippen LogP contribution >= 0.6 is 0 Å². The zero-order valence-corrected chi connectivity index (χ0v) is 81.3. The average Bonchev–Trinajstić information content (AvgIpc) is 0.808. The monoisotopic (exact) mass is 1590 g/mol. The van der Waals surface area contributed by atoms with E-state index in [-0.39, 0.29) is 59.7 Å². The van der Waals surface area contributed by atoms with Gasteiger partial charge in [-0.1, -0.05) is 298 Å². The SMILES string of the molecule is CCCC1C(O)CCCC1C(C)(C)C.CCCC1CC(C(C)(C)C)CCC1O.CCCC1CCC(C(C)(C)C)CC1O.CCCC1CCC(O)C(C(C)(C)C)C1.CCCC1CCC(O)C(CC(C)C)C1.CCCC1CCC(O)CC1C(C)(C)C.CCCC1CCC(O)CC1CC(C)C.CCCC1CCCC(C(C)(C)C)C1O. The van der Waals surface area contributed by atoms with Crippen molar-refractivity contribution >= 4 is 0 Å². The van der Waals surface area contributed by atoms with E-state index < -0.39 is 0 Å². The number of hydrogen-bond acceptors (Lipinski definition) is 8. The van der Waals surface area contributed by atoms with Crippen LogP contribution in [0.2, 0.25) is 0 Å². The third-order valence-corrected chi connectivity index (χ3v) is 29.7. The molecule has 0 heterocycles. The van der Waals surface area contributed by atoms with Gasteiger partial charge < -0.3 is 40.9 Å². The van der Waals surface area contributed by atoms with Crippen LogP contribution in [0.1, 0.15) is 477 Å². The second-order valence-electron chi connectivity index (χ2n) is 46.7. The van der Waals surface area contributed by atoms with Crippen molar-refractivity contribution in [1.29, 1.82) is 0 Å². The highest BCUT2D eigenvalue weighted by atomic mass is 16.3. The summed E-state index contributed by atoms with van der Waals surface area (Å²) in [4.78, 5) is 0. The molecule has 8 nitrogen and oxygen atoms in total. The summed E-state index contributed by atoms with van der Waals surface area (Å²) in [6.45, 7) is 68.4. The summed E-state index contributed by atoms with van der Waals surface area (Å²) >= 11 is 0. The Morgan fingerprint density at radius 2 is 0.625 bits per heavy atom. The molecule has 0 aromatic carbocycles. The van der Waals surface area contributed by atoms with Crippen LogP contribution in [0.3, 0.4) is 0 Å². The van der Waals surface area contributed by atoms with Crippen molar-refractivity contribution in [2.45, 2.75) is 526 Å². The zero-order chi connectivity index (χ0) is 85.7. The van der Waals surface area contributed by atoms with Crippen molar-refractivity contribution in [1.82, 2.24) is 0 Å². The first-order valence-corrected chi connectivity index (χ1v) is 49.4. The molecule has 8 heteroatoms. The zero-order valence-electron chi connectivity index (χ0n) is 81.3. The molecule has 24 atom stereocenters. The molecule has 0 bridgehead atoms. The minimum Gasteiger partial charge on any atom is -0.393 e. The van der Waals surface area contributed by atoms with E-state index in [4.69, 9.17) is 0 Å². The van der Waals surface area contributed by atoms with E-state index in [9.17, 15) is 40.9 Å². The molecule has 8 rings (SSSR count). The second-order valence-corrected chi connectivity index (χ2v) is 46.7. The highest BCUT2D eigenvalue weighted by molar-refractivity contribution is 4.93. The highest BCUT2D eigenvalue weighted by Gasteiger charge is 2.43. The first kappa shape index (κ1) is 110. The lowest BCUT2D eigenvalue weighted by Gasteiger charge is -2.43. The van der Waals surface area contributed by atoms with E-state index in [1.807, 2.05) is 0 Å². The Balaban J connectivity index is 0.000000640. The van der Waals surface area contributed by atoms with Gasteiger partial charge in [0.2, 0.25) is 0 Å². The molecule has 24 unspecified atom stereocenters. The Kier molecular flexibility index (Phi) is 53.8. The van der Waals surface area contributed by atoms with Gasteiger partial charge in [0.15, 0.2) is 0 Å². The predicted molar refractivity (Wildman–Crippen MR) is 490 cm³/mol. The molecule has 0 aromatic rings. The molecular formula is C104H208O8. The summed E-state index contributed by atoms with van der Waals surface area (Å²) in [5.74, 6) is 12.6. The van der Waals surface area contributed by atoms with E-state index in [1.165, 1.54) is 212 Å². The van der Waals surface area contributed by atoms with E-state index in [2.05, 4.69) is 208 Å². The number of rotatable bonds is 20. The first-order chi connectivity index (χ1) is 52.0. The van der Waals surface area contributed by atoms with Gasteiger partial charge >= 0.3 is 0 Å². The smallest absolute Gasteiger partial charge is 0.0601 e. The van der Waals surface area contributed by atoms with Crippen molar-refractivity contribution in [2.75, 3.05) is 0 Å². The maximum atomic E-state index is 10.3. The lowest BCUT2D eigenvalue weighted by atomic mass is 9.64. The lowest BCUT2D eigenvalue weighted by molar-refractivity contribution is -0.0330. The summed E-state index contributed by atoms with van der Waals surface area (Å²) in [5, 5.41) is 79.5. The molecule has 8 fully saturated rings. The van der Waals surface area contributed by atoms with Crippen LogP contribution in [0.15, 0.2) is 0 Å². The van der Waals surface area contributed by atoms with Gasteiger partial charge in [-0.05, 0) is 319 Å². The topological polar surface area (TPSA) is 162 Å². The molecule has 0 radical (unpaired) electrons. The van der Waals surface area contributed by atoms with Gasteiger partial charge in [0.25, 0.3) is 0 Å². The lowest BCUT2D eigenvalue weighted by Crippen LogP contribution is -2.40. The molecule has 8 saturated carbocycles. The van der Waals surface area contributed by atoms with E-state index in [1.54, 1.807) is 0 Å². The minimum atomic E-state index is -0.0527. The third-order valence-electron chi connectivity index (χ3n) is 29.7. The van der Waals surface area contributed by atoms with Gasteiger partial charge in [-0.3, -0.25) is 0 Å². The molecule has 0 aliphatic heterocycles. The fourth-order valence-electron chi connectivity index (χ4n) is 23.0. The largest absolute Gasteiger partial charge is 0.393 e. The molecule has 8 N–H and O–H groups in total. The van der Waals surface area contributed by atoms with Crippen molar-refractivity contribution in [3.8, 4) is 0 Å². The average molecular weight is 1590 g/mol. The van der Waals surface area contributed by atoms with E-state index >= 15 is 0 Å². The highest BCUT2D eigenvalue weighted by Crippen LogP contribution is 2.49. The summed E-state index contributed by atoms with van der Waals surface area (Å²) in [5.41, 5.74) is 2.06. The molecule has 8 aliphatic rings. The second kappa shape index (κ2) is 54.9. The maximum absolute atomic E-state index is 10.3. The van der Waals surface area contributed by atoms with E-state index in [0.29, 0.717) is 80.8 Å². The van der Waals surface area contributed by atoms with Crippen LogP contribution in [-0.4, -0.2) is 89.7 Å². The Morgan fingerprint density at radius 1 is 0.241 bits per heavy atom. The van der Waals surface area contributed by atoms with Crippen LogP contribution in [0.5, 0.6) is 0 Å². The summed E-state index contributed by atoms with van der Waals surface area (Å²) in [7, 11) is 0. The van der Waals surface area contributed by atoms with Crippen molar-refractivity contribution in [2.24, 2.45) is 139 Å². The molecule has 0 spiro atoms. The van der Waals surface area contributed by atoms with Crippen LogP contribution < -0.4 is 0 Å². The van der Waals surface area contributed by atoms with Crippen LogP contribution in [0.25, 0.3) is 0 Å². The van der Waals surface area contributed by atoms with Crippen LogP contribution in [0.4, 0.5) is 0 Å². The Bertz CT molecular complexity index is 2210. The predicted octanol–water partition coefficient (Wildman–Crippen LogP) is 28.9. The van der Waals surface area contributed by atoms with Gasteiger partial charge in [0.1, 0.15) is 0 Å². The first-order valence-electron chi connectivity index (χ1n) is 49.4. The van der Waals surface area contributed by atoms with Gasteiger partial charge in [-0.15, -0.1) is 0 Å². The number of aliphatic hydroxyl groups excluding tert-OH is 8. The van der Waals surface area contributed by atoms with Crippen molar-refractivity contribution in [3.05, 3.63) is 0 Å². The van der Waals surface area contributed by atoms with Gasteiger partial charge in [0.05, 0.1) is 48.8 Å². The van der Waals surface area contributed by atoms with Gasteiger partial charge in [0, 0.05) is 0 Å². The molecular weight excluding hydrogens is 1380 g/mol. The van der Waals surface area contributed by atoms with Crippen molar-refractivity contribution in [3.63, 3.8) is 0 Å². The third kappa shape index (κ3) is 42.9. The minimum absolute atomic E-state index is 0.00754. The Hall–Kier alpha value is -0.320. The Morgan fingerprint density at radius 3 is 1.11 bits per heavy atom. The summed E-state index contributed by atoms with van der Waals surface area (Å²) in [6, 6.07) is 0. The van der Waals surface area contributed by atoms with Crippen LogP contribution in [0, 0.1) is 139 Å². The maximum Gasteiger partial charge on any atom is 0.0601 e. The Labute approximate surface area is 702 Å². The molecule has 0 saturated heterocycles. The fraction of sp³-hybridized carbons (Fsp3) is 1.00. The standard InChI is InChI=1S/8C13H26O/c1-5-7-10-11(13(2,3)4)8-6-9-12(10)14;1-5-7-10-8-6-9-11(12(10)14)13(2,3)4;1-5-6-10-9-11(13(2,3)4)7-8-12(10)14;1-5-6-10-7-8-11(14)9-12(10)13(2,3)4;1-5-6-10-7-8-11(9-12(10)14)13(2,3)4;1-5-6-10-7-8-12(14)11(9-10)13(2,3)4;1-4-5-11-6-7-13(14)9-12(11)8-10(2)3;1-4-5-11-6-7-13(14)12(9-11)8-10(2)3/h6*10-12,14H,5-9H2,1-4H3;2*10-14H,4-9H2,1-3H3. The van der Waals surface area contributed by atoms with Gasteiger partial charge in [-0.25, -0.2) is 0 Å². The van der Waals surface area contributed by atoms with Crippen LogP contribution in [-0.2, 0) is 0 Å². The quantitative estimate of drug-likeness (QED) is 0.0598. The molecule has 112 heavy (non-hydrogen) atoms. The van der Waals surface area contributed by atoms with E-state index in [0.717, 1.165) is 105 Å². The molecule has 0 aromatic heterocycles.